The number of pyridine rings is 1. The highest BCUT2D eigenvalue weighted by atomic mass is 35.5. The molecular weight excluding hydrogens is 598 g/mol. The fourth-order valence-corrected chi connectivity index (χ4v) is 4.21. The molecule has 11 nitrogen and oxygen atoms in total. The minimum absolute atomic E-state index is 0.0716. The van der Waals surface area contributed by atoms with Crippen LogP contribution in [0.15, 0.2) is 53.7 Å². The highest BCUT2D eigenvalue weighted by Gasteiger charge is 2.68. The number of benzene rings is 1. The van der Waals surface area contributed by atoms with Gasteiger partial charge >= 0.3 is 18.0 Å². The number of aromatic nitrogens is 7. The maximum Gasteiger partial charge on any atom is 0.416 e. The molecule has 0 radical (unpaired) electrons. The van der Waals surface area contributed by atoms with Crippen LogP contribution in [0.2, 0.25) is 5.02 Å². The van der Waals surface area contributed by atoms with Crippen molar-refractivity contribution < 1.29 is 36.2 Å². The second-order valence-electron chi connectivity index (χ2n) is 9.45. The van der Waals surface area contributed by atoms with Gasteiger partial charge in [0.2, 0.25) is 5.91 Å². The van der Waals surface area contributed by atoms with Crippen molar-refractivity contribution in [2.75, 3.05) is 5.32 Å². The maximum atomic E-state index is 13.4. The number of hydrogen-bond donors (Lipinski definition) is 2. The fourth-order valence-electron chi connectivity index (χ4n) is 4.09. The molecule has 1 aliphatic rings. The molecule has 42 heavy (non-hydrogen) atoms. The van der Waals surface area contributed by atoms with Crippen LogP contribution >= 0.6 is 11.6 Å². The van der Waals surface area contributed by atoms with Crippen LogP contribution in [0.3, 0.4) is 0 Å². The van der Waals surface area contributed by atoms with Crippen LogP contribution in [0, 0.1) is 5.41 Å². The lowest BCUT2D eigenvalue weighted by atomic mass is 10.1. The van der Waals surface area contributed by atoms with E-state index in [2.05, 4.69) is 25.5 Å². The molecule has 0 aliphatic heterocycles. The number of nitrogens with one attached hydrogen (secondary N) is 1. The van der Waals surface area contributed by atoms with Crippen molar-refractivity contribution in [2.24, 2.45) is 5.41 Å². The molecule has 1 fully saturated rings. The second kappa shape index (κ2) is 10.5. The predicted molar refractivity (Wildman–Crippen MR) is 134 cm³/mol. The van der Waals surface area contributed by atoms with Crippen molar-refractivity contribution in [3.8, 4) is 17.2 Å². The molecule has 0 bridgehead atoms. The molecule has 1 unspecified atom stereocenters. The number of anilines is 1. The predicted octanol–water partition coefficient (Wildman–Crippen LogP) is 3.59. The number of carbonyl (C=O) groups is 1. The Hall–Kier alpha value is -4.25. The molecule has 18 heteroatoms. The van der Waals surface area contributed by atoms with Gasteiger partial charge in [0, 0.05) is 16.8 Å². The van der Waals surface area contributed by atoms with E-state index < -0.39 is 48.6 Å². The van der Waals surface area contributed by atoms with Gasteiger partial charge in [0.15, 0.2) is 23.6 Å². The van der Waals surface area contributed by atoms with Crippen molar-refractivity contribution >= 4 is 23.2 Å². The topological polar surface area (TPSA) is 133 Å². The zero-order valence-electron chi connectivity index (χ0n) is 21.1. The molecule has 1 saturated carbocycles. The fraction of sp³-hybridized carbons (Fsp3) is 0.333. The molecular formula is C24H19ClF6N8O3. The summed E-state index contributed by atoms with van der Waals surface area (Å²) in [6, 6.07) is 8.46. The van der Waals surface area contributed by atoms with E-state index in [0.29, 0.717) is 9.59 Å². The summed E-state index contributed by atoms with van der Waals surface area (Å²) in [5, 5.41) is 20.5. The summed E-state index contributed by atoms with van der Waals surface area (Å²) in [4.78, 5) is 33.6. The largest absolute Gasteiger partial charge is 0.416 e. The smallest absolute Gasteiger partial charge is 0.382 e. The van der Waals surface area contributed by atoms with E-state index in [-0.39, 0.29) is 41.6 Å². The Kier molecular flexibility index (Phi) is 7.34. The molecule has 0 saturated heterocycles. The first-order valence-corrected chi connectivity index (χ1v) is 12.5. The number of aliphatic hydroxyl groups is 1. The van der Waals surface area contributed by atoms with Gasteiger partial charge in [-0.25, -0.2) is 24.1 Å². The average Bonchev–Trinajstić information content (AvgIpc) is 3.55. The van der Waals surface area contributed by atoms with Gasteiger partial charge in [0.05, 0.1) is 12.2 Å². The molecule has 1 amide bonds. The summed E-state index contributed by atoms with van der Waals surface area (Å²) in [5.41, 5.74) is -3.33. The standard InChI is InChI=1S/C24H19ClF6N8O3/c25-14-5-3-13(4-6-14)18-36-38(21(42)37(18)10-16(40)23(26,27)28)11-17-33-12-39(35-17)19-15(2-1-9-32-19)34-20(41)22(7-8-22)24(29,30)31/h1-6,9,12,16,40H,7-8,10-11H2,(H,34,41). The highest BCUT2D eigenvalue weighted by molar-refractivity contribution is 6.30. The number of carbonyl (C=O) groups excluding carboxylic acids is 1. The van der Waals surface area contributed by atoms with Crippen LogP contribution in [-0.2, 0) is 17.9 Å². The number of rotatable bonds is 8. The van der Waals surface area contributed by atoms with E-state index in [1.807, 2.05) is 0 Å². The van der Waals surface area contributed by atoms with Crippen molar-refractivity contribution in [2.45, 2.75) is 44.4 Å². The minimum Gasteiger partial charge on any atom is -0.382 e. The first-order chi connectivity index (χ1) is 19.7. The van der Waals surface area contributed by atoms with Gasteiger partial charge in [-0.15, -0.1) is 10.2 Å². The lowest BCUT2D eigenvalue weighted by molar-refractivity contribution is -0.207. The minimum atomic E-state index is -5.01. The van der Waals surface area contributed by atoms with E-state index in [1.54, 1.807) is 0 Å². The van der Waals surface area contributed by atoms with Crippen molar-refractivity contribution in [1.82, 2.24) is 34.1 Å². The molecule has 3 aromatic heterocycles. The lowest BCUT2D eigenvalue weighted by Crippen LogP contribution is -2.37. The number of halogens is 7. The van der Waals surface area contributed by atoms with Gasteiger partial charge in [-0.05, 0) is 49.2 Å². The van der Waals surface area contributed by atoms with Gasteiger partial charge in [0.1, 0.15) is 18.3 Å². The van der Waals surface area contributed by atoms with E-state index in [4.69, 9.17) is 11.6 Å². The third kappa shape index (κ3) is 5.61. The number of aliphatic hydroxyl groups excluding tert-OH is 1. The summed E-state index contributed by atoms with van der Waals surface area (Å²) in [7, 11) is 0. The third-order valence-corrected chi connectivity index (χ3v) is 6.82. The summed E-state index contributed by atoms with van der Waals surface area (Å²) < 4.78 is 81.9. The van der Waals surface area contributed by atoms with Crippen LogP contribution in [-0.4, -0.2) is 63.6 Å². The van der Waals surface area contributed by atoms with Crippen molar-refractivity contribution in [3.63, 3.8) is 0 Å². The molecule has 2 N–H and O–H groups in total. The van der Waals surface area contributed by atoms with Crippen molar-refractivity contribution in [3.05, 3.63) is 70.3 Å². The van der Waals surface area contributed by atoms with Crippen LogP contribution in [0.25, 0.3) is 17.2 Å². The van der Waals surface area contributed by atoms with Gasteiger partial charge in [-0.1, -0.05) is 11.6 Å². The first kappa shape index (κ1) is 29.2. The van der Waals surface area contributed by atoms with Crippen molar-refractivity contribution in [1.29, 1.82) is 0 Å². The molecule has 1 aliphatic carbocycles. The summed E-state index contributed by atoms with van der Waals surface area (Å²) in [5.74, 6) is -1.57. The van der Waals surface area contributed by atoms with Gasteiger partial charge in [-0.3, -0.25) is 9.36 Å². The number of amides is 1. The molecule has 4 aromatic rings. The highest BCUT2D eigenvalue weighted by Crippen LogP contribution is 2.58. The Balaban J connectivity index is 1.43. The molecule has 3 heterocycles. The van der Waals surface area contributed by atoms with E-state index >= 15 is 0 Å². The first-order valence-electron chi connectivity index (χ1n) is 12.1. The normalized spacial score (nSPS) is 15.4. The monoisotopic (exact) mass is 616 g/mol. The third-order valence-electron chi connectivity index (χ3n) is 6.57. The van der Waals surface area contributed by atoms with Gasteiger partial charge < -0.3 is 10.4 Å². The van der Waals surface area contributed by atoms with Crippen LogP contribution < -0.4 is 11.0 Å². The van der Waals surface area contributed by atoms with Crippen LogP contribution in [0.5, 0.6) is 0 Å². The Morgan fingerprint density at radius 2 is 1.76 bits per heavy atom. The van der Waals surface area contributed by atoms with Gasteiger partial charge in [0.25, 0.3) is 0 Å². The zero-order chi connectivity index (χ0) is 30.4. The molecule has 222 valence electrons. The lowest BCUT2D eigenvalue weighted by Gasteiger charge is -2.19. The quantitative estimate of drug-likeness (QED) is 0.289. The molecule has 0 spiro atoms. The number of hydrogen-bond acceptors (Lipinski definition) is 7. The number of alkyl halides is 6. The average molecular weight is 617 g/mol. The Bertz CT molecular complexity index is 1670. The molecule has 5 rings (SSSR count). The Morgan fingerprint density at radius 1 is 1.07 bits per heavy atom. The Morgan fingerprint density at radius 3 is 2.38 bits per heavy atom. The molecule has 1 aromatic carbocycles. The summed E-state index contributed by atoms with van der Waals surface area (Å²) >= 11 is 5.88. The maximum absolute atomic E-state index is 13.4. The Labute approximate surface area is 236 Å². The second-order valence-corrected chi connectivity index (χ2v) is 9.89. The molecule has 1 atom stereocenters. The summed E-state index contributed by atoms with van der Waals surface area (Å²) in [6.45, 7) is -1.58. The number of nitrogens with zero attached hydrogens (tertiary/aromatic N) is 7. The van der Waals surface area contributed by atoms with Gasteiger partial charge in [-0.2, -0.15) is 26.3 Å². The zero-order valence-corrected chi connectivity index (χ0v) is 21.8. The van der Waals surface area contributed by atoms with Crippen LogP contribution in [0.4, 0.5) is 32.0 Å². The van der Waals surface area contributed by atoms with E-state index in [1.165, 1.54) is 42.6 Å². The van der Waals surface area contributed by atoms with Crippen LogP contribution in [0.1, 0.15) is 18.7 Å². The van der Waals surface area contributed by atoms with E-state index in [9.17, 15) is 41.0 Å². The summed E-state index contributed by atoms with van der Waals surface area (Å²) in [6.07, 6.45) is -10.8. The SMILES string of the molecule is O=C(Nc1cccnc1-n1cnc(Cn2nc(-c3ccc(Cl)cc3)n(CC(O)C(F)(F)F)c2=O)n1)C1(C(F)(F)F)CC1. The van der Waals surface area contributed by atoms with E-state index in [0.717, 1.165) is 15.7 Å².